The molecule has 0 amide bonds. The van der Waals surface area contributed by atoms with Gasteiger partial charge in [-0.1, -0.05) is 0 Å². The van der Waals surface area contributed by atoms with Gasteiger partial charge in [-0.3, -0.25) is 0 Å². The van der Waals surface area contributed by atoms with Gasteiger partial charge in [-0.2, -0.15) is 0 Å². The first kappa shape index (κ1) is 10.0. The number of hydrogen-bond donors (Lipinski definition) is 0. The number of fused-ring (bicyclic) bond motifs is 1. The number of methoxy groups -OCH3 is 1. The van der Waals surface area contributed by atoms with Crippen LogP contribution in [0.1, 0.15) is 5.56 Å². The van der Waals surface area contributed by atoms with Crippen molar-refractivity contribution in [1.82, 2.24) is 4.57 Å². The largest absolute Gasteiger partial charge is 0.497 e. The first-order chi connectivity index (χ1) is 8.36. The molecule has 0 saturated carbocycles. The lowest BCUT2D eigenvalue weighted by atomic mass is 10.2. The maximum absolute atomic E-state index is 5.21. The number of hydrogen-bond acceptors (Lipinski definition) is 2. The van der Waals surface area contributed by atoms with Crippen molar-refractivity contribution in [2.24, 2.45) is 0 Å². The fraction of sp³-hybridized carbons (Fsp3) is 0.143. The SMILES string of the molecule is COc1ccc2c(ccn2Cc2ccoc2)c1. The lowest BCUT2D eigenvalue weighted by molar-refractivity contribution is 0.415. The van der Waals surface area contributed by atoms with E-state index in [2.05, 4.69) is 22.9 Å². The highest BCUT2D eigenvalue weighted by molar-refractivity contribution is 5.81. The van der Waals surface area contributed by atoms with Crippen LogP contribution in [0.25, 0.3) is 10.9 Å². The lowest BCUT2D eigenvalue weighted by Crippen LogP contribution is -1.96. The zero-order chi connectivity index (χ0) is 11.7. The third-order valence-corrected chi connectivity index (χ3v) is 2.91. The standard InChI is InChI=1S/C14H13NO2/c1-16-13-2-3-14-12(8-13)4-6-15(14)9-11-5-7-17-10-11/h2-8,10H,9H2,1H3. The summed E-state index contributed by atoms with van der Waals surface area (Å²) in [4.78, 5) is 0. The molecule has 1 aromatic carbocycles. The Hall–Kier alpha value is -2.16. The van der Waals surface area contributed by atoms with Gasteiger partial charge in [0.2, 0.25) is 0 Å². The van der Waals surface area contributed by atoms with Gasteiger partial charge in [0.1, 0.15) is 5.75 Å². The summed E-state index contributed by atoms with van der Waals surface area (Å²) < 4.78 is 12.5. The average molecular weight is 227 g/mol. The third kappa shape index (κ3) is 1.80. The second kappa shape index (κ2) is 4.01. The highest BCUT2D eigenvalue weighted by Gasteiger charge is 2.03. The minimum absolute atomic E-state index is 0.826. The molecule has 3 aromatic rings. The van der Waals surface area contributed by atoms with Crippen molar-refractivity contribution in [2.75, 3.05) is 7.11 Å². The Morgan fingerprint density at radius 1 is 1.24 bits per heavy atom. The van der Waals surface area contributed by atoms with Gasteiger partial charge in [0.25, 0.3) is 0 Å². The van der Waals surface area contributed by atoms with Crippen LogP contribution >= 0.6 is 0 Å². The molecule has 0 atom stereocenters. The highest BCUT2D eigenvalue weighted by atomic mass is 16.5. The maximum Gasteiger partial charge on any atom is 0.119 e. The molecule has 0 spiro atoms. The Bertz CT molecular complexity index is 623. The Morgan fingerprint density at radius 2 is 2.18 bits per heavy atom. The summed E-state index contributed by atoms with van der Waals surface area (Å²) in [6.07, 6.45) is 5.55. The van der Waals surface area contributed by atoms with Crippen molar-refractivity contribution < 1.29 is 9.15 Å². The summed E-state index contributed by atoms with van der Waals surface area (Å²) in [5.74, 6) is 0.888. The summed E-state index contributed by atoms with van der Waals surface area (Å²) in [6, 6.07) is 10.2. The topological polar surface area (TPSA) is 27.3 Å². The van der Waals surface area contributed by atoms with Crippen LogP contribution in [0.4, 0.5) is 0 Å². The molecule has 3 heteroatoms. The van der Waals surface area contributed by atoms with Crippen LogP contribution in [-0.2, 0) is 6.54 Å². The number of nitrogens with zero attached hydrogens (tertiary/aromatic N) is 1. The van der Waals surface area contributed by atoms with Crippen molar-refractivity contribution in [1.29, 1.82) is 0 Å². The van der Waals surface area contributed by atoms with Crippen molar-refractivity contribution >= 4 is 10.9 Å². The fourth-order valence-electron chi connectivity index (χ4n) is 2.02. The molecule has 0 aliphatic carbocycles. The minimum Gasteiger partial charge on any atom is -0.497 e. The van der Waals surface area contributed by atoms with Gasteiger partial charge in [-0.25, -0.2) is 0 Å². The molecule has 0 aliphatic heterocycles. The molecule has 0 unspecified atom stereocenters. The van der Waals surface area contributed by atoms with Gasteiger partial charge in [0, 0.05) is 22.7 Å². The molecule has 0 fully saturated rings. The first-order valence-electron chi connectivity index (χ1n) is 5.51. The van der Waals surface area contributed by atoms with E-state index >= 15 is 0 Å². The summed E-state index contributed by atoms with van der Waals surface area (Å²) in [5, 5.41) is 1.19. The number of aromatic nitrogens is 1. The van der Waals surface area contributed by atoms with Gasteiger partial charge in [-0.15, -0.1) is 0 Å². The van der Waals surface area contributed by atoms with Gasteiger partial charge in [-0.05, 0) is 30.3 Å². The number of benzene rings is 1. The zero-order valence-corrected chi connectivity index (χ0v) is 9.59. The second-order valence-corrected chi connectivity index (χ2v) is 4.00. The molecule has 86 valence electrons. The molecule has 0 radical (unpaired) electrons. The van der Waals surface area contributed by atoms with Crippen LogP contribution in [0.5, 0.6) is 5.75 Å². The number of rotatable bonds is 3. The van der Waals surface area contributed by atoms with Gasteiger partial charge in [0.15, 0.2) is 0 Å². The summed E-state index contributed by atoms with van der Waals surface area (Å²) in [7, 11) is 1.68. The van der Waals surface area contributed by atoms with Crippen molar-refractivity contribution in [3.63, 3.8) is 0 Å². The number of ether oxygens (including phenoxy) is 1. The molecule has 0 saturated heterocycles. The monoisotopic (exact) mass is 227 g/mol. The molecule has 17 heavy (non-hydrogen) atoms. The van der Waals surface area contributed by atoms with E-state index in [1.54, 1.807) is 19.6 Å². The van der Waals surface area contributed by atoms with Crippen LogP contribution in [-0.4, -0.2) is 11.7 Å². The summed E-state index contributed by atoms with van der Waals surface area (Å²) in [6.45, 7) is 0.826. The van der Waals surface area contributed by atoms with E-state index < -0.39 is 0 Å². The molecule has 2 heterocycles. The van der Waals surface area contributed by atoms with E-state index in [9.17, 15) is 0 Å². The molecule has 3 nitrogen and oxygen atoms in total. The quantitative estimate of drug-likeness (QED) is 0.686. The smallest absolute Gasteiger partial charge is 0.119 e. The molecular weight excluding hydrogens is 214 g/mol. The molecule has 3 rings (SSSR count). The van der Waals surface area contributed by atoms with Crippen molar-refractivity contribution in [3.05, 3.63) is 54.6 Å². The molecule has 0 aliphatic rings. The second-order valence-electron chi connectivity index (χ2n) is 4.00. The van der Waals surface area contributed by atoms with E-state index in [1.807, 2.05) is 18.2 Å². The van der Waals surface area contributed by atoms with E-state index in [0.29, 0.717) is 0 Å². The normalized spacial score (nSPS) is 10.9. The molecule has 2 aromatic heterocycles. The average Bonchev–Trinajstić information content (AvgIpc) is 2.99. The van der Waals surface area contributed by atoms with Crippen LogP contribution in [0.3, 0.4) is 0 Å². The predicted octanol–water partition coefficient (Wildman–Crippen LogP) is 3.29. The van der Waals surface area contributed by atoms with Gasteiger partial charge in [0.05, 0.1) is 26.2 Å². The van der Waals surface area contributed by atoms with Crippen LogP contribution < -0.4 is 4.74 Å². The van der Waals surface area contributed by atoms with Crippen LogP contribution in [0.15, 0.2) is 53.5 Å². The fourth-order valence-corrected chi connectivity index (χ4v) is 2.02. The van der Waals surface area contributed by atoms with E-state index in [4.69, 9.17) is 9.15 Å². The Balaban J connectivity index is 2.00. The van der Waals surface area contributed by atoms with Crippen LogP contribution in [0.2, 0.25) is 0 Å². The third-order valence-electron chi connectivity index (χ3n) is 2.91. The minimum atomic E-state index is 0.826. The van der Waals surface area contributed by atoms with Crippen molar-refractivity contribution in [3.8, 4) is 5.75 Å². The summed E-state index contributed by atoms with van der Waals surface area (Å²) in [5.41, 5.74) is 2.37. The Morgan fingerprint density at radius 3 is 2.94 bits per heavy atom. The maximum atomic E-state index is 5.21. The predicted molar refractivity (Wildman–Crippen MR) is 66.3 cm³/mol. The van der Waals surface area contributed by atoms with Crippen molar-refractivity contribution in [2.45, 2.75) is 6.54 Å². The number of furan rings is 1. The molecule has 0 N–H and O–H groups in total. The Labute approximate surface area is 99.2 Å². The molecular formula is C14H13NO2. The van der Waals surface area contributed by atoms with Gasteiger partial charge >= 0.3 is 0 Å². The highest BCUT2D eigenvalue weighted by Crippen LogP contribution is 2.22. The zero-order valence-electron chi connectivity index (χ0n) is 9.59. The van der Waals surface area contributed by atoms with E-state index in [1.165, 1.54) is 16.5 Å². The first-order valence-corrected chi connectivity index (χ1v) is 5.51. The van der Waals surface area contributed by atoms with Crippen LogP contribution in [0, 0.1) is 0 Å². The summed E-state index contributed by atoms with van der Waals surface area (Å²) >= 11 is 0. The molecule has 0 bridgehead atoms. The van der Waals surface area contributed by atoms with Gasteiger partial charge < -0.3 is 13.7 Å². The van der Waals surface area contributed by atoms with E-state index in [0.717, 1.165) is 12.3 Å². The Kier molecular flexibility index (Phi) is 2.37. The lowest BCUT2D eigenvalue weighted by Gasteiger charge is -2.04. The van der Waals surface area contributed by atoms with E-state index in [-0.39, 0.29) is 0 Å².